The fraction of sp³-hybridized carbons (Fsp3) is 0.231. The van der Waals surface area contributed by atoms with Crippen molar-refractivity contribution in [2.45, 2.75) is 20.8 Å². The van der Waals surface area contributed by atoms with Gasteiger partial charge in [0.25, 0.3) is 5.91 Å². The summed E-state index contributed by atoms with van der Waals surface area (Å²) in [5, 5.41) is 2.84. The van der Waals surface area contributed by atoms with Crippen molar-refractivity contribution in [3.63, 3.8) is 0 Å². The first kappa shape index (κ1) is 11.4. The minimum atomic E-state index is -0.280. The molecule has 17 heavy (non-hydrogen) atoms. The van der Waals surface area contributed by atoms with Crippen LogP contribution in [-0.2, 0) is 0 Å². The Hall–Kier alpha value is -2.10. The van der Waals surface area contributed by atoms with E-state index in [2.05, 4.69) is 10.3 Å². The molecule has 1 aromatic carbocycles. The maximum atomic E-state index is 11.8. The smallest absolute Gasteiger partial charge is 0.293 e. The Morgan fingerprint density at radius 2 is 1.88 bits per heavy atom. The number of benzene rings is 1. The average molecular weight is 230 g/mol. The van der Waals surface area contributed by atoms with Gasteiger partial charge < -0.3 is 9.73 Å². The largest absolute Gasteiger partial charge is 0.438 e. The molecule has 0 radical (unpaired) electrons. The minimum absolute atomic E-state index is 0.212. The minimum Gasteiger partial charge on any atom is -0.438 e. The lowest BCUT2D eigenvalue weighted by molar-refractivity contribution is 0.0996. The molecule has 0 atom stereocenters. The van der Waals surface area contributed by atoms with Gasteiger partial charge in [-0.2, -0.15) is 0 Å². The second-order valence-electron chi connectivity index (χ2n) is 4.09. The van der Waals surface area contributed by atoms with Crippen LogP contribution in [0, 0.1) is 20.8 Å². The number of anilines is 1. The molecule has 2 rings (SSSR count). The van der Waals surface area contributed by atoms with Crippen LogP contribution in [-0.4, -0.2) is 10.9 Å². The van der Waals surface area contributed by atoms with Crippen LogP contribution in [0.5, 0.6) is 0 Å². The van der Waals surface area contributed by atoms with Gasteiger partial charge in [-0.25, -0.2) is 4.98 Å². The number of oxazole rings is 1. The van der Waals surface area contributed by atoms with Crippen LogP contribution in [0.15, 0.2) is 29.1 Å². The lowest BCUT2D eigenvalue weighted by atomic mass is 10.1. The summed E-state index contributed by atoms with van der Waals surface area (Å²) in [7, 11) is 0. The molecule has 4 nitrogen and oxygen atoms in total. The Balaban J connectivity index is 2.28. The van der Waals surface area contributed by atoms with E-state index in [4.69, 9.17) is 4.42 Å². The topological polar surface area (TPSA) is 55.1 Å². The Kier molecular flexibility index (Phi) is 2.95. The van der Waals surface area contributed by atoms with Crippen molar-refractivity contribution in [2.24, 2.45) is 0 Å². The lowest BCUT2D eigenvalue weighted by Crippen LogP contribution is -2.13. The molecule has 1 amide bonds. The molecule has 0 unspecified atom stereocenters. The zero-order chi connectivity index (χ0) is 12.4. The van der Waals surface area contributed by atoms with Crippen molar-refractivity contribution in [1.82, 2.24) is 4.98 Å². The van der Waals surface area contributed by atoms with Gasteiger partial charge in [0.1, 0.15) is 0 Å². The second kappa shape index (κ2) is 4.41. The molecular formula is C13H14N2O2. The average Bonchev–Trinajstić information content (AvgIpc) is 2.76. The second-order valence-corrected chi connectivity index (χ2v) is 4.09. The summed E-state index contributed by atoms with van der Waals surface area (Å²) in [6, 6.07) is 4.06. The zero-order valence-electron chi connectivity index (χ0n) is 10.1. The summed E-state index contributed by atoms with van der Waals surface area (Å²) in [5.74, 6) is -0.0677. The third kappa shape index (κ3) is 2.36. The first-order valence-electron chi connectivity index (χ1n) is 5.35. The third-order valence-corrected chi connectivity index (χ3v) is 2.57. The van der Waals surface area contributed by atoms with E-state index < -0.39 is 0 Å². The van der Waals surface area contributed by atoms with Gasteiger partial charge in [-0.3, -0.25) is 4.79 Å². The van der Waals surface area contributed by atoms with E-state index in [1.54, 1.807) is 0 Å². The van der Waals surface area contributed by atoms with Gasteiger partial charge in [0.05, 0.1) is 6.20 Å². The van der Waals surface area contributed by atoms with Gasteiger partial charge in [0, 0.05) is 5.69 Å². The normalized spacial score (nSPS) is 10.3. The number of nitrogens with one attached hydrogen (secondary N) is 1. The number of aryl methyl sites for hydroxylation is 3. The maximum Gasteiger partial charge on any atom is 0.293 e. The van der Waals surface area contributed by atoms with Crippen LogP contribution >= 0.6 is 0 Å². The molecule has 4 heteroatoms. The summed E-state index contributed by atoms with van der Waals surface area (Å²) in [5.41, 5.74) is 4.08. The summed E-state index contributed by atoms with van der Waals surface area (Å²) in [4.78, 5) is 15.5. The number of hydrogen-bond donors (Lipinski definition) is 1. The summed E-state index contributed by atoms with van der Waals surface area (Å²) in [6.45, 7) is 5.97. The SMILES string of the molecule is Cc1cc(C)c(NC(=O)c2cnco2)c(C)c1. The van der Waals surface area contributed by atoms with Crippen molar-refractivity contribution in [1.29, 1.82) is 0 Å². The van der Waals surface area contributed by atoms with Crippen LogP contribution in [0.25, 0.3) is 0 Å². The molecule has 0 saturated heterocycles. The van der Waals surface area contributed by atoms with Crippen LogP contribution in [0.2, 0.25) is 0 Å². The van der Waals surface area contributed by atoms with Crippen molar-refractivity contribution >= 4 is 11.6 Å². The first-order chi connectivity index (χ1) is 8.08. The Bertz CT molecular complexity index is 522. The predicted octanol–water partition coefficient (Wildman–Crippen LogP) is 2.85. The highest BCUT2D eigenvalue weighted by atomic mass is 16.3. The summed E-state index contributed by atoms with van der Waals surface area (Å²) < 4.78 is 4.95. The Labute approximate surface area is 99.7 Å². The molecule has 0 bridgehead atoms. The standard InChI is InChI=1S/C13H14N2O2/c1-8-4-9(2)12(10(3)5-8)15-13(16)11-6-14-7-17-11/h4-7H,1-3H3,(H,15,16). The molecule has 0 spiro atoms. The molecular weight excluding hydrogens is 216 g/mol. The van der Waals surface area contributed by atoms with Gasteiger partial charge >= 0.3 is 0 Å². The molecule has 0 saturated carbocycles. The molecule has 0 aliphatic carbocycles. The highest BCUT2D eigenvalue weighted by molar-refractivity contribution is 6.02. The van der Waals surface area contributed by atoms with Crippen molar-refractivity contribution < 1.29 is 9.21 Å². The molecule has 1 N–H and O–H groups in total. The number of rotatable bonds is 2. The highest BCUT2D eigenvalue weighted by Crippen LogP contribution is 2.22. The van der Waals surface area contributed by atoms with Gasteiger partial charge in [-0.1, -0.05) is 17.7 Å². The molecule has 88 valence electrons. The fourth-order valence-electron chi connectivity index (χ4n) is 1.88. The van der Waals surface area contributed by atoms with Crippen molar-refractivity contribution in [3.8, 4) is 0 Å². The predicted molar refractivity (Wildman–Crippen MR) is 65.1 cm³/mol. The summed E-state index contributed by atoms with van der Waals surface area (Å²) >= 11 is 0. The molecule has 0 aliphatic rings. The van der Waals surface area contributed by atoms with E-state index in [0.717, 1.165) is 16.8 Å². The number of nitrogens with zero attached hydrogens (tertiary/aromatic N) is 1. The molecule has 0 fully saturated rings. The number of aromatic nitrogens is 1. The monoisotopic (exact) mass is 230 g/mol. The van der Waals surface area contributed by atoms with Gasteiger partial charge in [0.15, 0.2) is 6.39 Å². The summed E-state index contributed by atoms with van der Waals surface area (Å²) in [6.07, 6.45) is 2.64. The fourth-order valence-corrected chi connectivity index (χ4v) is 1.88. The Morgan fingerprint density at radius 3 is 2.41 bits per heavy atom. The third-order valence-electron chi connectivity index (χ3n) is 2.57. The number of carbonyl (C=O) groups excluding carboxylic acids is 1. The maximum absolute atomic E-state index is 11.8. The molecule has 2 aromatic rings. The highest BCUT2D eigenvalue weighted by Gasteiger charge is 2.12. The number of carbonyl (C=O) groups is 1. The van der Waals surface area contributed by atoms with E-state index in [1.165, 1.54) is 18.2 Å². The van der Waals surface area contributed by atoms with E-state index in [0.29, 0.717) is 0 Å². The van der Waals surface area contributed by atoms with Crippen LogP contribution < -0.4 is 5.32 Å². The number of amides is 1. The van der Waals surface area contributed by atoms with Crippen LogP contribution in [0.1, 0.15) is 27.2 Å². The van der Waals surface area contributed by atoms with Gasteiger partial charge in [0.2, 0.25) is 5.76 Å². The van der Waals surface area contributed by atoms with E-state index in [9.17, 15) is 4.79 Å². The van der Waals surface area contributed by atoms with Gasteiger partial charge in [-0.15, -0.1) is 0 Å². The zero-order valence-corrected chi connectivity index (χ0v) is 10.1. The van der Waals surface area contributed by atoms with E-state index >= 15 is 0 Å². The van der Waals surface area contributed by atoms with Gasteiger partial charge in [-0.05, 0) is 31.9 Å². The van der Waals surface area contributed by atoms with Crippen LogP contribution in [0.4, 0.5) is 5.69 Å². The Morgan fingerprint density at radius 1 is 1.24 bits per heavy atom. The number of hydrogen-bond acceptors (Lipinski definition) is 3. The van der Waals surface area contributed by atoms with E-state index in [-0.39, 0.29) is 11.7 Å². The van der Waals surface area contributed by atoms with Crippen molar-refractivity contribution in [2.75, 3.05) is 5.32 Å². The van der Waals surface area contributed by atoms with Crippen molar-refractivity contribution in [3.05, 3.63) is 47.2 Å². The quantitative estimate of drug-likeness (QED) is 0.863. The lowest BCUT2D eigenvalue weighted by Gasteiger charge is -2.11. The first-order valence-corrected chi connectivity index (χ1v) is 5.35. The van der Waals surface area contributed by atoms with Crippen LogP contribution in [0.3, 0.4) is 0 Å². The molecule has 1 aromatic heterocycles. The molecule has 1 heterocycles. The molecule has 0 aliphatic heterocycles. The van der Waals surface area contributed by atoms with E-state index in [1.807, 2.05) is 32.9 Å².